The molecule has 0 heterocycles. The van der Waals surface area contributed by atoms with E-state index in [-0.39, 0.29) is 34.1 Å². The van der Waals surface area contributed by atoms with Gasteiger partial charge in [0.15, 0.2) is 0 Å². The monoisotopic (exact) mass is 429 g/mol. The predicted molar refractivity (Wildman–Crippen MR) is 104 cm³/mol. The molecule has 0 aliphatic rings. The Morgan fingerprint density at radius 1 is 1.15 bits per heavy atom. The third kappa shape index (κ3) is 4.77. The molecule has 142 valence electrons. The summed E-state index contributed by atoms with van der Waals surface area (Å²) in [6.07, 6.45) is 1.43. The molecule has 6 nitrogen and oxygen atoms in total. The van der Waals surface area contributed by atoms with Gasteiger partial charge in [-0.3, -0.25) is 19.7 Å². The van der Waals surface area contributed by atoms with E-state index in [1.807, 2.05) is 6.92 Å². The predicted octanol–water partition coefficient (Wildman–Crippen LogP) is 5.85. The van der Waals surface area contributed by atoms with Crippen LogP contribution in [-0.4, -0.2) is 22.0 Å². The Morgan fingerprint density at radius 3 is 2.26 bits per heavy atom. The number of rotatable bonds is 8. The number of nitrogens with zero attached hydrogens (tertiary/aromatic N) is 1. The van der Waals surface area contributed by atoms with Crippen molar-refractivity contribution in [1.29, 1.82) is 0 Å². The molecule has 0 aliphatic heterocycles. The lowest BCUT2D eigenvalue weighted by Crippen LogP contribution is -2.07. The van der Waals surface area contributed by atoms with Gasteiger partial charge in [0.2, 0.25) is 5.75 Å². The average molecular weight is 431 g/mol. The van der Waals surface area contributed by atoms with Crippen LogP contribution in [0, 0.1) is 10.1 Å². The maximum atomic E-state index is 11.8. The van der Waals surface area contributed by atoms with E-state index in [2.05, 4.69) is 0 Å². The number of halogens is 3. The van der Waals surface area contributed by atoms with Crippen LogP contribution >= 0.6 is 34.8 Å². The molecule has 0 saturated carbocycles. The quantitative estimate of drug-likeness (QED) is 0.227. The second-order valence-electron chi connectivity index (χ2n) is 5.54. The van der Waals surface area contributed by atoms with E-state index >= 15 is 0 Å². The maximum Gasteiger partial charge on any atom is 0.320 e. The average Bonchev–Trinajstić information content (AvgIpc) is 2.62. The Balaban J connectivity index is 2.72. The summed E-state index contributed by atoms with van der Waals surface area (Å²) in [6.45, 7) is 2.10. The lowest BCUT2D eigenvalue weighted by molar-refractivity contribution is -0.385. The zero-order valence-electron chi connectivity index (χ0n) is 14.1. The highest BCUT2D eigenvalue weighted by atomic mass is 35.5. The van der Waals surface area contributed by atoms with Crippen molar-refractivity contribution < 1.29 is 19.2 Å². The number of carbonyl (C=O) groups is 2. The van der Waals surface area contributed by atoms with Crippen molar-refractivity contribution in [3.63, 3.8) is 0 Å². The fourth-order valence-electron chi connectivity index (χ4n) is 2.45. The Kier molecular flexibility index (Phi) is 7.18. The molecule has 0 bridgehead atoms. The van der Waals surface area contributed by atoms with Crippen molar-refractivity contribution >= 4 is 51.0 Å². The van der Waals surface area contributed by atoms with Gasteiger partial charge in [-0.05, 0) is 53.4 Å². The number of nitro groups is 1. The summed E-state index contributed by atoms with van der Waals surface area (Å²) in [4.78, 5) is 34.1. The first-order valence-electron chi connectivity index (χ1n) is 7.91. The molecule has 0 N–H and O–H groups in total. The van der Waals surface area contributed by atoms with Gasteiger partial charge in [0, 0.05) is 5.56 Å². The molecule has 0 fully saturated rings. The van der Waals surface area contributed by atoms with E-state index in [1.54, 1.807) is 0 Å². The summed E-state index contributed by atoms with van der Waals surface area (Å²) < 4.78 is 5.53. The number of hydrogen-bond acceptors (Lipinski definition) is 5. The fraction of sp³-hybridized carbons (Fsp3) is 0.222. The van der Waals surface area contributed by atoms with Gasteiger partial charge in [-0.25, -0.2) is 0 Å². The molecule has 0 amide bonds. The smallest absolute Gasteiger partial charge is 0.320 e. The molecule has 0 saturated heterocycles. The highest BCUT2D eigenvalue weighted by Gasteiger charge is 2.31. The number of unbranched alkanes of at least 4 members (excludes halogenated alkanes) is 1. The summed E-state index contributed by atoms with van der Waals surface area (Å²) in [7, 11) is 0. The van der Waals surface area contributed by atoms with Crippen molar-refractivity contribution in [2.75, 3.05) is 6.61 Å². The minimum absolute atomic E-state index is 0.0431. The lowest BCUT2D eigenvalue weighted by atomic mass is 9.99. The summed E-state index contributed by atoms with van der Waals surface area (Å²) in [6, 6.07) is 7.02. The van der Waals surface area contributed by atoms with Crippen LogP contribution in [0.3, 0.4) is 0 Å². The van der Waals surface area contributed by atoms with Crippen molar-refractivity contribution in [2.24, 2.45) is 0 Å². The fourth-order valence-corrected chi connectivity index (χ4v) is 3.02. The molecule has 2 rings (SSSR count). The molecular weight excluding hydrogens is 417 g/mol. The van der Waals surface area contributed by atoms with Gasteiger partial charge in [-0.15, -0.1) is 0 Å². The first-order chi connectivity index (χ1) is 12.8. The van der Waals surface area contributed by atoms with E-state index < -0.39 is 21.1 Å². The Hall–Kier alpha value is -2.15. The van der Waals surface area contributed by atoms with Crippen molar-refractivity contribution in [2.45, 2.75) is 19.8 Å². The van der Waals surface area contributed by atoms with E-state index in [9.17, 15) is 19.7 Å². The van der Waals surface area contributed by atoms with E-state index in [0.29, 0.717) is 12.0 Å². The number of carbonyl (C=O) groups excluding carboxylic acids is 2. The summed E-state index contributed by atoms with van der Waals surface area (Å²) >= 11 is 17.2. The molecule has 9 heteroatoms. The van der Waals surface area contributed by atoms with E-state index in [4.69, 9.17) is 39.5 Å². The highest BCUT2D eigenvalue weighted by molar-refractivity contribution is 6.68. The Labute approximate surface area is 170 Å². The molecule has 2 aromatic carbocycles. The Morgan fingerprint density at radius 2 is 1.78 bits per heavy atom. The van der Waals surface area contributed by atoms with Crippen LogP contribution < -0.4 is 4.74 Å². The van der Waals surface area contributed by atoms with Crippen LogP contribution in [0.1, 0.15) is 40.5 Å². The van der Waals surface area contributed by atoms with Crippen LogP contribution in [0.5, 0.6) is 5.75 Å². The Bertz CT molecular complexity index is 897. The molecule has 0 radical (unpaired) electrons. The van der Waals surface area contributed by atoms with Gasteiger partial charge in [0.25, 0.3) is 10.5 Å². The molecule has 2 aromatic rings. The van der Waals surface area contributed by atoms with Crippen LogP contribution in [0.4, 0.5) is 5.69 Å². The number of hydrogen-bond donors (Lipinski definition) is 0. The van der Waals surface area contributed by atoms with Gasteiger partial charge in [0.1, 0.15) is 0 Å². The van der Waals surface area contributed by atoms with Crippen molar-refractivity contribution in [1.82, 2.24) is 0 Å². The second-order valence-corrected chi connectivity index (χ2v) is 6.64. The standard InChI is InChI=1S/C18H14Cl3NO5/c1-2-3-8-27-16-12(18(21)24)9-13(19)14(15(16)22(25)26)10-4-6-11(7-5-10)17(20)23/h4-7,9H,2-3,8H2,1H3. The van der Waals surface area contributed by atoms with Crippen LogP contribution in [0.2, 0.25) is 5.02 Å². The van der Waals surface area contributed by atoms with Gasteiger partial charge >= 0.3 is 5.69 Å². The molecule has 0 unspecified atom stereocenters. The lowest BCUT2D eigenvalue weighted by Gasteiger charge is -2.14. The second kappa shape index (κ2) is 9.17. The summed E-state index contributed by atoms with van der Waals surface area (Å²) in [5.74, 6) is -0.231. The third-order valence-corrected chi connectivity index (χ3v) is 4.47. The van der Waals surface area contributed by atoms with Crippen LogP contribution in [0.25, 0.3) is 11.1 Å². The van der Waals surface area contributed by atoms with Gasteiger partial charge < -0.3 is 4.74 Å². The van der Waals surface area contributed by atoms with Gasteiger partial charge in [0.05, 0.1) is 27.7 Å². The minimum Gasteiger partial charge on any atom is -0.486 e. The highest BCUT2D eigenvalue weighted by Crippen LogP contribution is 2.45. The first-order valence-corrected chi connectivity index (χ1v) is 9.05. The normalized spacial score (nSPS) is 10.5. The largest absolute Gasteiger partial charge is 0.486 e. The molecular formula is C18H14Cl3NO5. The minimum atomic E-state index is -0.916. The molecule has 0 atom stereocenters. The van der Waals surface area contributed by atoms with Crippen LogP contribution in [-0.2, 0) is 0 Å². The van der Waals surface area contributed by atoms with Crippen LogP contribution in [0.15, 0.2) is 30.3 Å². The third-order valence-electron chi connectivity index (χ3n) is 3.75. The SMILES string of the molecule is CCCCOc1c(C(=O)Cl)cc(Cl)c(-c2ccc(C(=O)Cl)cc2)c1[N+](=O)[O-]. The van der Waals surface area contributed by atoms with Gasteiger partial charge in [-0.2, -0.15) is 0 Å². The molecule has 0 spiro atoms. The first kappa shape index (κ1) is 21.2. The van der Waals surface area contributed by atoms with E-state index in [1.165, 1.54) is 30.3 Å². The van der Waals surface area contributed by atoms with Crippen molar-refractivity contribution in [3.8, 4) is 16.9 Å². The zero-order valence-corrected chi connectivity index (χ0v) is 16.4. The summed E-state index contributed by atoms with van der Waals surface area (Å²) in [5, 5.41) is 10.2. The number of ether oxygens (including phenoxy) is 1. The van der Waals surface area contributed by atoms with E-state index in [0.717, 1.165) is 6.42 Å². The topological polar surface area (TPSA) is 86.5 Å². The molecule has 0 aromatic heterocycles. The van der Waals surface area contributed by atoms with Gasteiger partial charge in [-0.1, -0.05) is 37.1 Å². The van der Waals surface area contributed by atoms with Crippen molar-refractivity contribution in [3.05, 3.63) is 56.6 Å². The number of benzene rings is 2. The molecule has 0 aliphatic carbocycles. The molecule has 27 heavy (non-hydrogen) atoms. The summed E-state index contributed by atoms with van der Waals surface area (Å²) in [5.41, 5.74) is 0.00480. The maximum absolute atomic E-state index is 11.8. The number of nitro benzene ring substituents is 1. The zero-order chi connectivity index (χ0) is 20.1.